The lowest BCUT2D eigenvalue weighted by atomic mass is 9.77. The van der Waals surface area contributed by atoms with Crippen LogP contribution in [-0.2, 0) is 10.0 Å². The van der Waals surface area contributed by atoms with E-state index in [-0.39, 0.29) is 17.9 Å². The second-order valence-electron chi connectivity index (χ2n) is 8.57. The Bertz CT molecular complexity index is 1140. The highest BCUT2D eigenvalue weighted by molar-refractivity contribution is 7.89. The Morgan fingerprint density at radius 2 is 1.81 bits per heavy atom. The first-order chi connectivity index (χ1) is 14.9. The number of piperazine rings is 1. The predicted octanol–water partition coefficient (Wildman–Crippen LogP) is 4.76. The van der Waals surface area contributed by atoms with Crippen molar-refractivity contribution in [1.29, 1.82) is 0 Å². The van der Waals surface area contributed by atoms with Gasteiger partial charge in [0, 0.05) is 37.8 Å². The molecular formula is C23H25Cl2N3O2S. The quantitative estimate of drug-likeness (QED) is 0.647. The van der Waals surface area contributed by atoms with Gasteiger partial charge in [-0.05, 0) is 54.8 Å². The van der Waals surface area contributed by atoms with E-state index in [1.54, 1.807) is 16.4 Å². The molecule has 164 valence electrons. The third-order valence-electron chi connectivity index (χ3n) is 6.75. The lowest BCUT2D eigenvalue weighted by Crippen LogP contribution is -2.47. The largest absolute Gasteiger partial charge is 0.378 e. The highest BCUT2D eigenvalue weighted by atomic mass is 35.5. The van der Waals surface area contributed by atoms with Crippen LogP contribution in [0.1, 0.15) is 29.5 Å². The van der Waals surface area contributed by atoms with Gasteiger partial charge in [-0.2, -0.15) is 4.31 Å². The molecule has 0 radical (unpaired) electrons. The highest BCUT2D eigenvalue weighted by Gasteiger charge is 2.40. The molecule has 31 heavy (non-hydrogen) atoms. The first-order valence-corrected chi connectivity index (χ1v) is 12.8. The van der Waals surface area contributed by atoms with E-state index < -0.39 is 10.0 Å². The standard InChI is InChI=1S/C23H25Cl2N3O2S/c1-27-10-12-28(13-11-27)31(29,30)15-8-9-21-19(14-15)16-4-2-5-17(16)23(26-21)18-6-3-7-20(24)22(18)25/h2-4,6-9,14,16-17,23,26H,5,10-13H2,1H3. The van der Waals surface area contributed by atoms with Gasteiger partial charge in [-0.15, -0.1) is 0 Å². The van der Waals surface area contributed by atoms with E-state index in [9.17, 15) is 8.42 Å². The lowest BCUT2D eigenvalue weighted by molar-refractivity contribution is 0.222. The summed E-state index contributed by atoms with van der Waals surface area (Å²) in [5, 5.41) is 4.74. The minimum atomic E-state index is -3.51. The van der Waals surface area contributed by atoms with Crippen molar-refractivity contribution in [2.75, 3.05) is 38.5 Å². The Balaban J connectivity index is 1.51. The molecule has 2 aromatic carbocycles. The number of hydrogen-bond donors (Lipinski definition) is 1. The second kappa shape index (κ2) is 8.09. The van der Waals surface area contributed by atoms with Crippen LogP contribution in [0.4, 0.5) is 5.69 Å². The molecule has 0 amide bonds. The first-order valence-electron chi connectivity index (χ1n) is 10.6. The molecule has 3 unspecified atom stereocenters. The van der Waals surface area contributed by atoms with Gasteiger partial charge in [-0.25, -0.2) is 8.42 Å². The fourth-order valence-corrected chi connectivity index (χ4v) is 6.86. The summed E-state index contributed by atoms with van der Waals surface area (Å²) in [6, 6.07) is 11.2. The van der Waals surface area contributed by atoms with Gasteiger partial charge in [0.2, 0.25) is 10.0 Å². The average Bonchev–Trinajstić information content (AvgIpc) is 3.25. The zero-order chi connectivity index (χ0) is 21.8. The van der Waals surface area contributed by atoms with Gasteiger partial charge in [-0.1, -0.05) is 47.5 Å². The van der Waals surface area contributed by atoms with Crippen molar-refractivity contribution in [3.8, 4) is 0 Å². The molecule has 2 heterocycles. The van der Waals surface area contributed by atoms with Gasteiger partial charge in [0.05, 0.1) is 21.0 Å². The third-order valence-corrected chi connectivity index (χ3v) is 9.48. The number of likely N-dealkylation sites (N-methyl/N-ethyl adjacent to an activating group) is 1. The van der Waals surface area contributed by atoms with Crippen molar-refractivity contribution in [3.05, 3.63) is 69.7 Å². The third kappa shape index (κ3) is 3.68. The van der Waals surface area contributed by atoms with Crippen LogP contribution in [0.5, 0.6) is 0 Å². The lowest BCUT2D eigenvalue weighted by Gasteiger charge is -2.38. The maximum Gasteiger partial charge on any atom is 0.243 e. The number of allylic oxidation sites excluding steroid dienone is 2. The maximum atomic E-state index is 13.3. The zero-order valence-corrected chi connectivity index (χ0v) is 19.6. The zero-order valence-electron chi connectivity index (χ0n) is 17.3. The molecule has 1 N–H and O–H groups in total. The number of nitrogens with zero attached hydrogens (tertiary/aromatic N) is 2. The summed E-state index contributed by atoms with van der Waals surface area (Å²) in [4.78, 5) is 2.52. The van der Waals surface area contributed by atoms with Gasteiger partial charge in [0.25, 0.3) is 0 Å². The average molecular weight is 478 g/mol. The van der Waals surface area contributed by atoms with Gasteiger partial charge in [-0.3, -0.25) is 0 Å². The number of sulfonamides is 1. The molecule has 0 bridgehead atoms. The van der Waals surface area contributed by atoms with Crippen LogP contribution in [0.2, 0.25) is 10.0 Å². The van der Waals surface area contributed by atoms with Crippen molar-refractivity contribution >= 4 is 38.9 Å². The Hall–Kier alpha value is -1.57. The van der Waals surface area contributed by atoms with E-state index in [1.165, 1.54) is 0 Å². The van der Waals surface area contributed by atoms with Crippen molar-refractivity contribution in [2.24, 2.45) is 5.92 Å². The van der Waals surface area contributed by atoms with Crippen LogP contribution in [-0.4, -0.2) is 50.8 Å². The maximum absolute atomic E-state index is 13.3. The molecule has 1 fully saturated rings. The first kappa shape index (κ1) is 21.3. The molecule has 3 atom stereocenters. The van der Waals surface area contributed by atoms with E-state index in [0.717, 1.165) is 36.3 Å². The van der Waals surface area contributed by atoms with Gasteiger partial charge in [0.15, 0.2) is 0 Å². The van der Waals surface area contributed by atoms with Crippen LogP contribution in [0, 0.1) is 5.92 Å². The molecule has 5 nitrogen and oxygen atoms in total. The highest BCUT2D eigenvalue weighted by Crippen LogP contribution is 2.51. The summed E-state index contributed by atoms with van der Waals surface area (Å²) < 4.78 is 28.2. The van der Waals surface area contributed by atoms with Crippen molar-refractivity contribution < 1.29 is 8.42 Å². The normalized spacial score (nSPS) is 26.4. The van der Waals surface area contributed by atoms with Crippen molar-refractivity contribution in [1.82, 2.24) is 9.21 Å². The SMILES string of the molecule is CN1CCN(S(=O)(=O)c2ccc3c(c2)C2C=CCC2C(c2cccc(Cl)c2Cl)N3)CC1. The van der Waals surface area contributed by atoms with Crippen LogP contribution in [0.3, 0.4) is 0 Å². The molecule has 1 saturated heterocycles. The van der Waals surface area contributed by atoms with E-state index >= 15 is 0 Å². The molecule has 5 rings (SSSR count). The molecule has 0 spiro atoms. The number of hydrogen-bond acceptors (Lipinski definition) is 4. The van der Waals surface area contributed by atoms with Crippen LogP contribution < -0.4 is 5.32 Å². The minimum absolute atomic E-state index is 0.0128. The van der Waals surface area contributed by atoms with Crippen molar-refractivity contribution in [2.45, 2.75) is 23.3 Å². The van der Waals surface area contributed by atoms with E-state index in [1.807, 2.05) is 31.3 Å². The summed E-state index contributed by atoms with van der Waals surface area (Å²) in [6.07, 6.45) is 5.28. The number of nitrogens with one attached hydrogen (secondary N) is 1. The van der Waals surface area contributed by atoms with E-state index in [4.69, 9.17) is 23.2 Å². The van der Waals surface area contributed by atoms with Gasteiger partial charge in [0.1, 0.15) is 0 Å². The predicted molar refractivity (Wildman–Crippen MR) is 126 cm³/mol. The Kier molecular flexibility index (Phi) is 5.55. The summed E-state index contributed by atoms with van der Waals surface area (Å²) in [5.41, 5.74) is 2.96. The molecule has 1 aliphatic carbocycles. The summed E-state index contributed by atoms with van der Waals surface area (Å²) in [7, 11) is -1.49. The fraction of sp³-hybridized carbons (Fsp3) is 0.391. The van der Waals surface area contributed by atoms with Gasteiger partial charge < -0.3 is 10.2 Å². The summed E-state index contributed by atoms with van der Waals surface area (Å²) in [5.74, 6) is 0.393. The molecule has 2 aliphatic heterocycles. The molecular weight excluding hydrogens is 453 g/mol. The Labute approximate surface area is 193 Å². The molecule has 0 saturated carbocycles. The smallest absolute Gasteiger partial charge is 0.243 e. The number of fused-ring (bicyclic) bond motifs is 3. The second-order valence-corrected chi connectivity index (χ2v) is 11.3. The number of anilines is 1. The Morgan fingerprint density at radius 1 is 1.03 bits per heavy atom. The monoisotopic (exact) mass is 477 g/mol. The molecule has 2 aromatic rings. The van der Waals surface area contributed by atoms with Crippen LogP contribution in [0.15, 0.2) is 53.4 Å². The van der Waals surface area contributed by atoms with Crippen LogP contribution >= 0.6 is 23.2 Å². The number of halogens is 2. The van der Waals surface area contributed by atoms with Crippen LogP contribution in [0.25, 0.3) is 0 Å². The summed E-state index contributed by atoms with van der Waals surface area (Å²) >= 11 is 12.8. The topological polar surface area (TPSA) is 52.7 Å². The van der Waals surface area contributed by atoms with Crippen molar-refractivity contribution in [3.63, 3.8) is 0 Å². The van der Waals surface area contributed by atoms with E-state index in [2.05, 4.69) is 22.4 Å². The van der Waals surface area contributed by atoms with E-state index in [0.29, 0.717) is 28.0 Å². The molecule has 3 aliphatic rings. The fourth-order valence-electron chi connectivity index (χ4n) is 4.98. The summed E-state index contributed by atoms with van der Waals surface area (Å²) in [6.45, 7) is 2.55. The number of rotatable bonds is 3. The number of benzene rings is 2. The Morgan fingerprint density at radius 3 is 2.58 bits per heavy atom. The van der Waals surface area contributed by atoms with Gasteiger partial charge >= 0.3 is 0 Å². The minimum Gasteiger partial charge on any atom is -0.378 e. The molecule has 8 heteroatoms. The molecule has 0 aromatic heterocycles.